The van der Waals surface area contributed by atoms with Crippen molar-refractivity contribution >= 4 is 22.9 Å². The van der Waals surface area contributed by atoms with Crippen LogP contribution in [0.15, 0.2) is 35.3 Å². The number of benzene rings is 1. The van der Waals surface area contributed by atoms with Crippen molar-refractivity contribution in [3.63, 3.8) is 0 Å². The molecule has 1 aliphatic rings. The van der Waals surface area contributed by atoms with Crippen molar-refractivity contribution in [2.75, 3.05) is 18.0 Å². The van der Waals surface area contributed by atoms with Crippen molar-refractivity contribution in [1.82, 2.24) is 14.2 Å². The maximum atomic E-state index is 14.6. The summed E-state index contributed by atoms with van der Waals surface area (Å²) >= 11 is 5.91. The molecule has 1 aromatic carbocycles. The van der Waals surface area contributed by atoms with Gasteiger partial charge in [-0.25, -0.2) is 13.6 Å². The number of pyridine rings is 1. The van der Waals surface area contributed by atoms with Gasteiger partial charge in [-0.1, -0.05) is 11.6 Å². The van der Waals surface area contributed by atoms with Crippen LogP contribution < -0.4 is 10.6 Å². The van der Waals surface area contributed by atoms with E-state index in [1.54, 1.807) is 12.1 Å². The fourth-order valence-electron chi connectivity index (χ4n) is 3.13. The Morgan fingerprint density at radius 2 is 1.96 bits per heavy atom. The van der Waals surface area contributed by atoms with E-state index < -0.39 is 11.5 Å². The average molecular weight is 358 g/mol. The van der Waals surface area contributed by atoms with E-state index in [4.69, 9.17) is 11.6 Å². The first-order chi connectivity index (χ1) is 12.1. The van der Waals surface area contributed by atoms with Gasteiger partial charge in [0.1, 0.15) is 11.8 Å². The summed E-state index contributed by atoms with van der Waals surface area (Å²) in [6.07, 6.45) is 3.47. The zero-order chi connectivity index (χ0) is 17.6. The smallest absolute Gasteiger partial charge is 0.355 e. The Morgan fingerprint density at radius 1 is 1.20 bits per heavy atom. The van der Waals surface area contributed by atoms with Crippen molar-refractivity contribution in [2.24, 2.45) is 0 Å². The number of anilines is 1. The molecule has 3 aromatic rings. The van der Waals surface area contributed by atoms with Crippen molar-refractivity contribution in [3.8, 4) is 11.8 Å². The van der Waals surface area contributed by atoms with Gasteiger partial charge in [-0.05, 0) is 37.1 Å². The molecule has 2 aromatic heterocycles. The Bertz CT molecular complexity index is 1080. The lowest BCUT2D eigenvalue weighted by molar-refractivity contribution is 0.607. The number of hydrogen-bond donors (Lipinski definition) is 0. The number of aromatic nitrogens is 3. The molecule has 0 radical (unpaired) electrons. The molecule has 1 aliphatic heterocycles. The van der Waals surface area contributed by atoms with Gasteiger partial charge in [0.2, 0.25) is 0 Å². The van der Waals surface area contributed by atoms with E-state index in [-0.39, 0.29) is 11.3 Å². The summed E-state index contributed by atoms with van der Waals surface area (Å²) in [6, 6.07) is 7.91. The molecule has 4 rings (SSSR count). The molecule has 25 heavy (non-hydrogen) atoms. The van der Waals surface area contributed by atoms with Gasteiger partial charge in [-0.2, -0.15) is 9.94 Å². The van der Waals surface area contributed by atoms with Crippen molar-refractivity contribution in [2.45, 2.75) is 12.8 Å². The van der Waals surface area contributed by atoms with Crippen LogP contribution >= 0.6 is 11.6 Å². The second-order valence-corrected chi connectivity index (χ2v) is 6.33. The number of rotatable bonds is 2. The van der Waals surface area contributed by atoms with Gasteiger partial charge < -0.3 is 4.90 Å². The molecule has 3 heterocycles. The van der Waals surface area contributed by atoms with Gasteiger partial charge in [-0.15, -0.1) is 5.10 Å². The van der Waals surface area contributed by atoms with Crippen LogP contribution in [0.1, 0.15) is 18.4 Å². The largest absolute Gasteiger partial charge is 0.370 e. The van der Waals surface area contributed by atoms with Crippen LogP contribution in [0.2, 0.25) is 5.02 Å². The Labute approximate surface area is 147 Å². The fourth-order valence-corrected chi connectivity index (χ4v) is 3.29. The predicted octanol–water partition coefficient (Wildman–Crippen LogP) is 2.75. The molecular weight excluding hydrogens is 345 g/mol. The Balaban J connectivity index is 1.94. The molecule has 0 spiro atoms. The molecule has 0 saturated carbocycles. The third kappa shape index (κ3) is 2.55. The maximum absolute atomic E-state index is 14.6. The second kappa shape index (κ2) is 5.90. The molecule has 0 amide bonds. The van der Waals surface area contributed by atoms with E-state index in [0.29, 0.717) is 16.4 Å². The summed E-state index contributed by atoms with van der Waals surface area (Å²) in [6.45, 7) is 1.60. The zero-order valence-electron chi connectivity index (χ0n) is 13.1. The Morgan fingerprint density at radius 3 is 2.68 bits per heavy atom. The number of fused-ring (bicyclic) bond motifs is 1. The molecule has 0 bridgehead atoms. The highest BCUT2D eigenvalue weighted by atomic mass is 35.5. The highest BCUT2D eigenvalue weighted by Crippen LogP contribution is 2.28. The SMILES string of the molecule is N#Cc1cc(F)c(-n2nc3ccc(Cl)cn3c2=O)cc1N1CCCC1. The summed E-state index contributed by atoms with van der Waals surface area (Å²) in [4.78, 5) is 14.6. The number of nitriles is 1. The molecule has 8 heteroatoms. The van der Waals surface area contributed by atoms with E-state index in [1.807, 2.05) is 11.0 Å². The van der Waals surface area contributed by atoms with Gasteiger partial charge in [0.15, 0.2) is 11.5 Å². The third-order valence-corrected chi connectivity index (χ3v) is 4.56. The molecule has 0 atom stereocenters. The molecule has 0 N–H and O–H groups in total. The molecule has 6 nitrogen and oxygen atoms in total. The first kappa shape index (κ1) is 15.7. The summed E-state index contributed by atoms with van der Waals surface area (Å²) in [5.74, 6) is -0.670. The maximum Gasteiger partial charge on any atom is 0.355 e. The minimum atomic E-state index is -0.670. The molecule has 1 fully saturated rings. The van der Waals surface area contributed by atoms with Crippen LogP contribution in [0.25, 0.3) is 11.3 Å². The van der Waals surface area contributed by atoms with Crippen LogP contribution in [-0.2, 0) is 0 Å². The van der Waals surface area contributed by atoms with Crippen LogP contribution in [0.3, 0.4) is 0 Å². The molecular formula is C17H13ClFN5O. The van der Waals surface area contributed by atoms with E-state index in [2.05, 4.69) is 5.10 Å². The van der Waals surface area contributed by atoms with E-state index in [0.717, 1.165) is 36.7 Å². The van der Waals surface area contributed by atoms with Gasteiger partial charge in [0, 0.05) is 19.3 Å². The standard InChI is InChI=1S/C17H13ClFN5O/c18-12-3-4-16-21-24(17(25)23(16)10-12)15-8-14(22-5-1-2-6-22)11(9-20)7-13(15)19/h3-4,7-8,10H,1-2,5-6H2. The normalized spacial score (nSPS) is 14.2. The summed E-state index contributed by atoms with van der Waals surface area (Å²) < 4.78 is 16.8. The highest BCUT2D eigenvalue weighted by molar-refractivity contribution is 6.30. The Kier molecular flexibility index (Phi) is 3.70. The lowest BCUT2D eigenvalue weighted by atomic mass is 10.1. The van der Waals surface area contributed by atoms with Crippen LogP contribution in [0.5, 0.6) is 0 Å². The van der Waals surface area contributed by atoms with Gasteiger partial charge in [0.25, 0.3) is 0 Å². The lowest BCUT2D eigenvalue weighted by Crippen LogP contribution is -2.23. The van der Waals surface area contributed by atoms with Crippen molar-refractivity contribution in [3.05, 3.63) is 57.3 Å². The molecule has 0 aliphatic carbocycles. The minimum Gasteiger partial charge on any atom is -0.370 e. The van der Waals surface area contributed by atoms with Crippen LogP contribution in [0.4, 0.5) is 10.1 Å². The molecule has 0 unspecified atom stereocenters. The van der Waals surface area contributed by atoms with Gasteiger partial charge in [0.05, 0.1) is 16.3 Å². The first-order valence-corrected chi connectivity index (χ1v) is 8.22. The summed E-state index contributed by atoms with van der Waals surface area (Å²) in [7, 11) is 0. The number of hydrogen-bond acceptors (Lipinski definition) is 4. The van der Waals surface area contributed by atoms with E-state index in [1.165, 1.54) is 16.7 Å². The number of nitrogens with zero attached hydrogens (tertiary/aromatic N) is 5. The average Bonchev–Trinajstić information content (AvgIpc) is 3.24. The third-order valence-electron chi connectivity index (χ3n) is 4.34. The summed E-state index contributed by atoms with van der Waals surface area (Å²) in [5.41, 5.74) is 0.737. The number of halogens is 2. The predicted molar refractivity (Wildman–Crippen MR) is 91.9 cm³/mol. The molecule has 1 saturated heterocycles. The van der Waals surface area contributed by atoms with E-state index in [9.17, 15) is 14.4 Å². The van der Waals surface area contributed by atoms with Crippen molar-refractivity contribution < 1.29 is 4.39 Å². The first-order valence-electron chi connectivity index (χ1n) is 7.84. The van der Waals surface area contributed by atoms with E-state index >= 15 is 0 Å². The highest BCUT2D eigenvalue weighted by Gasteiger charge is 2.21. The van der Waals surface area contributed by atoms with Crippen LogP contribution in [-0.4, -0.2) is 27.3 Å². The van der Waals surface area contributed by atoms with Crippen LogP contribution in [0, 0.1) is 17.1 Å². The van der Waals surface area contributed by atoms with Gasteiger partial charge in [-0.3, -0.25) is 0 Å². The van der Waals surface area contributed by atoms with Gasteiger partial charge >= 0.3 is 5.69 Å². The molecule has 126 valence electrons. The zero-order valence-corrected chi connectivity index (χ0v) is 13.9. The van der Waals surface area contributed by atoms with Crippen molar-refractivity contribution in [1.29, 1.82) is 5.26 Å². The minimum absolute atomic E-state index is 0.0192. The monoisotopic (exact) mass is 357 g/mol. The second-order valence-electron chi connectivity index (χ2n) is 5.90. The lowest BCUT2D eigenvalue weighted by Gasteiger charge is -2.20. The topological polar surface area (TPSA) is 66.3 Å². The fraction of sp³-hybridized carbons (Fsp3) is 0.235. The Hall–Kier alpha value is -2.85. The summed E-state index contributed by atoms with van der Waals surface area (Å²) in [5, 5.41) is 13.9. The quantitative estimate of drug-likeness (QED) is 0.707.